The Kier molecular flexibility index (Phi) is 6.68. The summed E-state index contributed by atoms with van der Waals surface area (Å²) in [6, 6.07) is 14.4. The van der Waals surface area contributed by atoms with Crippen molar-refractivity contribution < 1.29 is 19.5 Å². The van der Waals surface area contributed by atoms with Crippen molar-refractivity contribution >= 4 is 32.8 Å². The predicted molar refractivity (Wildman–Crippen MR) is 126 cm³/mol. The van der Waals surface area contributed by atoms with Gasteiger partial charge in [-0.15, -0.1) is 0 Å². The van der Waals surface area contributed by atoms with Crippen LogP contribution in [0.3, 0.4) is 0 Å². The second kappa shape index (κ2) is 9.45. The van der Waals surface area contributed by atoms with Crippen molar-refractivity contribution in [3.8, 4) is 5.75 Å². The summed E-state index contributed by atoms with van der Waals surface area (Å²) in [5.74, 6) is -0.194. The molecule has 5 nitrogen and oxygen atoms in total. The maximum absolute atomic E-state index is 13.1. The number of hydrogen-bond donors (Lipinski definition) is 2. The van der Waals surface area contributed by atoms with Crippen LogP contribution in [0, 0.1) is 0 Å². The molecule has 2 atom stereocenters. The number of nitrogens with zero attached hydrogens (tertiary/aromatic N) is 1. The van der Waals surface area contributed by atoms with Gasteiger partial charge in [-0.25, -0.2) is 4.79 Å². The Balaban J connectivity index is 1.92. The van der Waals surface area contributed by atoms with Gasteiger partial charge in [-0.2, -0.15) is 0 Å². The topological polar surface area (TPSA) is 55.9 Å². The van der Waals surface area contributed by atoms with Gasteiger partial charge in [0.05, 0.1) is 40.4 Å². The van der Waals surface area contributed by atoms with E-state index in [0.29, 0.717) is 29.2 Å². The van der Waals surface area contributed by atoms with Crippen LogP contribution in [0.2, 0.25) is 0 Å². The molecule has 1 fully saturated rings. The van der Waals surface area contributed by atoms with Crippen molar-refractivity contribution in [1.29, 1.82) is 0 Å². The number of esters is 1. The lowest BCUT2D eigenvalue weighted by Crippen LogP contribution is -3.15. The third kappa shape index (κ3) is 4.51. The van der Waals surface area contributed by atoms with Gasteiger partial charge in [0.15, 0.2) is 0 Å². The van der Waals surface area contributed by atoms with Crippen molar-refractivity contribution in [2.24, 2.45) is 0 Å². The molecule has 3 aromatic rings. The minimum absolute atomic E-state index is 0.125. The van der Waals surface area contributed by atoms with Gasteiger partial charge in [0, 0.05) is 11.9 Å². The van der Waals surface area contributed by atoms with Crippen LogP contribution in [0.1, 0.15) is 54.7 Å². The standard InChI is InChI=1S/C25H29BrN2O3/c1-3-31-25(30)24-19-13-23(29)20(26)14-21(19)28(15-18-10-5-4-6-11-18)22(24)16-27-12-8-7-9-17(27)2/h4-6,10-11,13-14,17,29H,3,7-9,12,15-16H2,1-2H3/p+1. The van der Waals surface area contributed by atoms with E-state index in [2.05, 4.69) is 39.6 Å². The van der Waals surface area contributed by atoms with Crippen LogP contribution in [0.15, 0.2) is 46.9 Å². The highest BCUT2D eigenvalue weighted by Crippen LogP contribution is 2.35. The van der Waals surface area contributed by atoms with Crippen LogP contribution in [0.25, 0.3) is 10.9 Å². The van der Waals surface area contributed by atoms with Gasteiger partial charge >= 0.3 is 5.97 Å². The SMILES string of the molecule is CCOC(=O)c1c(C[NH+]2CCCCC2C)n(Cc2ccccc2)c2cc(Br)c(O)cc12. The Hall–Kier alpha value is -2.31. The van der Waals surface area contributed by atoms with E-state index in [1.54, 1.807) is 6.07 Å². The van der Waals surface area contributed by atoms with E-state index in [1.165, 1.54) is 29.7 Å². The van der Waals surface area contributed by atoms with Gasteiger partial charge in [-0.05, 0) is 66.7 Å². The number of carbonyl (C=O) groups excluding carboxylic acids is 1. The third-order valence-electron chi connectivity index (χ3n) is 6.38. The van der Waals surface area contributed by atoms with Gasteiger partial charge < -0.3 is 19.3 Å². The highest BCUT2D eigenvalue weighted by molar-refractivity contribution is 9.10. The molecule has 0 aliphatic carbocycles. The number of halogens is 1. The largest absolute Gasteiger partial charge is 0.507 e. The minimum atomic E-state index is -0.319. The maximum atomic E-state index is 13.1. The summed E-state index contributed by atoms with van der Waals surface area (Å²) in [6.45, 7) is 6.96. The van der Waals surface area contributed by atoms with E-state index in [0.717, 1.165) is 29.7 Å². The fourth-order valence-corrected chi connectivity index (χ4v) is 5.03. The summed E-state index contributed by atoms with van der Waals surface area (Å²) in [6.07, 6.45) is 3.68. The van der Waals surface area contributed by atoms with Crippen molar-refractivity contribution in [3.05, 3.63) is 63.8 Å². The summed E-state index contributed by atoms with van der Waals surface area (Å²) in [5, 5.41) is 11.1. The molecule has 0 bridgehead atoms. The Bertz CT molecular complexity index is 1080. The van der Waals surface area contributed by atoms with E-state index < -0.39 is 0 Å². The molecule has 31 heavy (non-hydrogen) atoms. The zero-order valence-corrected chi connectivity index (χ0v) is 19.7. The van der Waals surface area contributed by atoms with Crippen molar-refractivity contribution in [2.45, 2.75) is 52.2 Å². The number of hydrogen-bond acceptors (Lipinski definition) is 3. The van der Waals surface area contributed by atoms with Crippen LogP contribution in [-0.2, 0) is 17.8 Å². The molecular weight excluding hydrogens is 456 g/mol. The molecule has 2 heterocycles. The van der Waals surface area contributed by atoms with E-state index in [-0.39, 0.29) is 11.7 Å². The first kappa shape index (κ1) is 21.9. The fourth-order valence-electron chi connectivity index (χ4n) is 4.70. The normalized spacial score (nSPS) is 18.9. The Labute approximate surface area is 191 Å². The number of quaternary nitrogens is 1. The quantitative estimate of drug-likeness (QED) is 0.512. The monoisotopic (exact) mass is 485 g/mol. The molecule has 2 unspecified atom stereocenters. The molecule has 1 saturated heterocycles. The molecule has 4 rings (SSSR count). The maximum Gasteiger partial charge on any atom is 0.340 e. The Morgan fingerprint density at radius 3 is 2.74 bits per heavy atom. The molecule has 0 radical (unpaired) electrons. The van der Waals surface area contributed by atoms with Crippen molar-refractivity contribution in [1.82, 2.24) is 4.57 Å². The number of likely N-dealkylation sites (tertiary alicyclic amines) is 1. The number of piperidine rings is 1. The van der Waals surface area contributed by atoms with E-state index in [9.17, 15) is 9.90 Å². The molecular formula is C25H30BrN2O3+. The van der Waals surface area contributed by atoms with Crippen LogP contribution >= 0.6 is 15.9 Å². The molecule has 2 N–H and O–H groups in total. The molecule has 0 amide bonds. The second-order valence-electron chi connectivity index (χ2n) is 8.42. The smallest absolute Gasteiger partial charge is 0.340 e. The second-order valence-corrected chi connectivity index (χ2v) is 9.27. The highest BCUT2D eigenvalue weighted by atomic mass is 79.9. The lowest BCUT2D eigenvalue weighted by atomic mass is 10.0. The number of rotatable bonds is 6. The van der Waals surface area contributed by atoms with E-state index in [4.69, 9.17) is 4.74 Å². The molecule has 2 aromatic carbocycles. The molecule has 1 aliphatic heterocycles. The number of benzene rings is 2. The summed E-state index contributed by atoms with van der Waals surface area (Å²) < 4.78 is 8.32. The van der Waals surface area contributed by atoms with E-state index in [1.807, 2.05) is 31.2 Å². The lowest BCUT2D eigenvalue weighted by molar-refractivity contribution is -0.942. The highest BCUT2D eigenvalue weighted by Gasteiger charge is 2.30. The average Bonchev–Trinajstić information content (AvgIpc) is 3.03. The lowest BCUT2D eigenvalue weighted by Gasteiger charge is -2.30. The van der Waals surface area contributed by atoms with Crippen LogP contribution in [0.5, 0.6) is 5.75 Å². The van der Waals surface area contributed by atoms with Gasteiger partial charge in [0.25, 0.3) is 0 Å². The predicted octanol–water partition coefficient (Wildman–Crippen LogP) is 4.29. The average molecular weight is 486 g/mol. The number of fused-ring (bicyclic) bond motifs is 1. The number of ether oxygens (including phenoxy) is 1. The van der Waals surface area contributed by atoms with Crippen molar-refractivity contribution in [2.75, 3.05) is 13.2 Å². The number of nitrogens with one attached hydrogen (secondary N) is 1. The number of phenols is 1. The minimum Gasteiger partial charge on any atom is -0.507 e. The molecule has 0 saturated carbocycles. The zero-order valence-electron chi connectivity index (χ0n) is 18.2. The summed E-state index contributed by atoms with van der Waals surface area (Å²) in [5.41, 5.74) is 3.66. The van der Waals surface area contributed by atoms with Crippen molar-refractivity contribution in [3.63, 3.8) is 0 Å². The third-order valence-corrected chi connectivity index (χ3v) is 7.01. The van der Waals surface area contributed by atoms with Gasteiger partial charge in [0.1, 0.15) is 12.3 Å². The summed E-state index contributed by atoms with van der Waals surface area (Å²) in [7, 11) is 0. The van der Waals surface area contributed by atoms with E-state index >= 15 is 0 Å². The first-order valence-electron chi connectivity index (χ1n) is 11.1. The molecule has 6 heteroatoms. The van der Waals surface area contributed by atoms with Gasteiger partial charge in [-0.3, -0.25) is 0 Å². The Morgan fingerprint density at radius 1 is 1.26 bits per heavy atom. The summed E-state index contributed by atoms with van der Waals surface area (Å²) >= 11 is 3.46. The van der Waals surface area contributed by atoms with Gasteiger partial charge in [0.2, 0.25) is 0 Å². The summed E-state index contributed by atoms with van der Waals surface area (Å²) in [4.78, 5) is 14.6. The Morgan fingerprint density at radius 2 is 2.03 bits per heavy atom. The number of aromatic hydroxyl groups is 1. The molecule has 1 aromatic heterocycles. The first-order valence-corrected chi connectivity index (χ1v) is 11.9. The molecule has 164 valence electrons. The van der Waals surface area contributed by atoms with Gasteiger partial charge in [-0.1, -0.05) is 30.3 Å². The molecule has 0 spiro atoms. The number of carbonyl (C=O) groups is 1. The fraction of sp³-hybridized carbons (Fsp3) is 0.400. The zero-order chi connectivity index (χ0) is 22.0. The number of phenolic OH excluding ortho intramolecular Hbond substituents is 1. The van der Waals surface area contributed by atoms with Crippen LogP contribution in [-0.4, -0.2) is 34.8 Å². The van der Waals surface area contributed by atoms with Crippen LogP contribution in [0.4, 0.5) is 0 Å². The first-order chi connectivity index (χ1) is 15.0. The number of aromatic nitrogens is 1. The molecule has 1 aliphatic rings. The van der Waals surface area contributed by atoms with Crippen LogP contribution < -0.4 is 4.90 Å².